The first-order valence-corrected chi connectivity index (χ1v) is 20.2. The molecular weight excluding hydrogens is 875 g/mol. The van der Waals surface area contributed by atoms with E-state index in [1.807, 2.05) is 0 Å². The molecular formula is C46H46N7O14-. The van der Waals surface area contributed by atoms with Crippen LogP contribution in [0.3, 0.4) is 0 Å². The van der Waals surface area contributed by atoms with Gasteiger partial charge in [-0.2, -0.15) is 0 Å². The van der Waals surface area contributed by atoms with Gasteiger partial charge in [-0.15, -0.1) is 0 Å². The molecule has 0 fully saturated rings. The number of carboxylic acids is 1. The number of carbonyl (C=O) groups is 7. The molecule has 2 unspecified atom stereocenters. The van der Waals surface area contributed by atoms with Gasteiger partial charge in [-0.3, -0.25) is 34.0 Å². The molecule has 0 saturated carbocycles. The molecule has 21 nitrogen and oxygen atoms in total. The van der Waals surface area contributed by atoms with Crippen LogP contribution in [0.15, 0.2) is 103 Å². The molecule has 0 spiro atoms. The number of hydrogen-bond donors (Lipinski definition) is 9. The summed E-state index contributed by atoms with van der Waals surface area (Å²) in [6.45, 7) is 6.77. The summed E-state index contributed by atoms with van der Waals surface area (Å²) in [5.74, 6) is -6.73. The maximum absolute atomic E-state index is 13.4. The number of nitrogens with zero attached hydrogens (tertiary/aromatic N) is 1. The largest absolute Gasteiger partial charge is 0.733 e. The Kier molecular flexibility index (Phi) is 16.2. The zero-order valence-electron chi connectivity index (χ0n) is 36.5. The minimum absolute atomic E-state index is 0.00590. The summed E-state index contributed by atoms with van der Waals surface area (Å²) < 4.78 is 16.8. The number of primary amides is 1. The maximum atomic E-state index is 13.4. The molecule has 0 aliphatic carbocycles. The van der Waals surface area contributed by atoms with E-state index in [0.29, 0.717) is 5.69 Å². The predicted molar refractivity (Wildman–Crippen MR) is 244 cm³/mol. The van der Waals surface area contributed by atoms with E-state index in [4.69, 9.17) is 25.2 Å². The highest BCUT2D eigenvalue weighted by molar-refractivity contribution is 6.10. The Balaban J connectivity index is 1.23. The number of anilines is 5. The summed E-state index contributed by atoms with van der Waals surface area (Å²) in [5, 5.41) is 53.1. The van der Waals surface area contributed by atoms with Crippen LogP contribution in [0.5, 0.6) is 17.2 Å². The molecule has 10 N–H and O–H groups in total. The molecule has 0 radical (unpaired) electrons. The average molecular weight is 921 g/mol. The van der Waals surface area contributed by atoms with Crippen molar-refractivity contribution in [1.82, 2.24) is 5.32 Å². The van der Waals surface area contributed by atoms with Crippen molar-refractivity contribution in [2.45, 2.75) is 52.0 Å². The number of phenolic OH excluding ortho intramolecular Hbond substituents is 1. The molecule has 0 aliphatic rings. The molecule has 21 heteroatoms. The number of carbonyl (C=O) groups excluding carboxylic acids is 6. The van der Waals surface area contributed by atoms with Crippen LogP contribution in [0.25, 0.3) is 0 Å². The molecule has 0 aliphatic heterocycles. The number of methoxy groups -OCH3 is 1. The van der Waals surface area contributed by atoms with Gasteiger partial charge in [0, 0.05) is 35.2 Å². The van der Waals surface area contributed by atoms with E-state index in [0.717, 1.165) is 7.11 Å². The molecule has 67 heavy (non-hydrogen) atoms. The molecule has 6 amide bonds. The number of benzene rings is 5. The number of hydrogen-bond acceptors (Lipinski definition) is 14. The molecule has 5 rings (SSSR count). The van der Waals surface area contributed by atoms with Crippen molar-refractivity contribution in [3.63, 3.8) is 0 Å². The summed E-state index contributed by atoms with van der Waals surface area (Å²) in [7, 11) is 1.12. The monoisotopic (exact) mass is 920 g/mol. The third-order valence-corrected chi connectivity index (χ3v) is 9.40. The highest BCUT2D eigenvalue weighted by atomic mass is 16.8. The fourth-order valence-corrected chi connectivity index (χ4v) is 6.18. The van der Waals surface area contributed by atoms with Crippen molar-refractivity contribution in [3.05, 3.63) is 136 Å². The first-order chi connectivity index (χ1) is 31.8. The third-order valence-electron chi connectivity index (χ3n) is 9.40. The molecule has 0 saturated heterocycles. The van der Waals surface area contributed by atoms with Gasteiger partial charge < -0.3 is 67.2 Å². The molecule has 350 valence electrons. The average Bonchev–Trinajstić information content (AvgIpc) is 3.28. The lowest BCUT2D eigenvalue weighted by Crippen LogP contribution is -2.56. The van der Waals surface area contributed by atoms with E-state index < -0.39 is 65.4 Å². The van der Waals surface area contributed by atoms with Gasteiger partial charge in [0.15, 0.2) is 17.6 Å². The second-order valence-electron chi connectivity index (χ2n) is 15.0. The number of amides is 6. The van der Waals surface area contributed by atoms with Crippen LogP contribution in [0.4, 0.5) is 28.4 Å². The highest BCUT2D eigenvalue weighted by Gasteiger charge is 2.34. The van der Waals surface area contributed by atoms with Crippen molar-refractivity contribution in [2.75, 3.05) is 33.6 Å². The van der Waals surface area contributed by atoms with Gasteiger partial charge in [-0.25, -0.2) is 4.79 Å². The van der Waals surface area contributed by atoms with E-state index in [1.54, 1.807) is 27.7 Å². The van der Waals surface area contributed by atoms with Crippen LogP contribution >= 0.6 is 0 Å². The molecule has 5 aromatic carbocycles. The standard InChI is InChI=1S/C46H46N7O14/c1-23(2)66-35-22-28(46(61)62)12-20-33(35)50-44(59)32-19-21-34(38(37(32)54)67-24(3)4)51-42(57)25-6-15-30(16-7-25)49-45(60)39(65-5)36(40(47)55)52-43(58)26-8-13-29(14-9-26)48-41(56)27-10-17-31(18-11-27)53(63)64/h6-24,36,39,54,63H,1-5H3,(H2,47,55)(H,48,56)(H,49,60)(H,50,59)(H,51,57)(H,52,58)(H,61,62)/q-1. The Bertz CT molecular complexity index is 2650. The summed E-state index contributed by atoms with van der Waals surface area (Å²) in [4.78, 5) is 90.1. The normalized spacial score (nSPS) is 11.7. The Labute approximate surface area is 382 Å². The summed E-state index contributed by atoms with van der Waals surface area (Å²) in [6, 6.07) is 20.9. The topological polar surface area (TPSA) is 320 Å². The van der Waals surface area contributed by atoms with E-state index in [-0.39, 0.29) is 73.4 Å². The molecule has 5 aromatic rings. The van der Waals surface area contributed by atoms with Crippen LogP contribution in [-0.2, 0) is 14.3 Å². The van der Waals surface area contributed by atoms with Gasteiger partial charge in [0.05, 0.1) is 40.4 Å². The predicted octanol–water partition coefficient (Wildman–Crippen LogP) is 5.35. The van der Waals surface area contributed by atoms with Gasteiger partial charge in [-0.1, -0.05) is 0 Å². The third kappa shape index (κ3) is 12.8. The molecule has 0 heterocycles. The van der Waals surface area contributed by atoms with Crippen LogP contribution < -0.4 is 47.0 Å². The number of phenols is 1. The van der Waals surface area contributed by atoms with Gasteiger partial charge >= 0.3 is 5.97 Å². The minimum Gasteiger partial charge on any atom is -0.733 e. The lowest BCUT2D eigenvalue weighted by molar-refractivity contribution is -0.134. The number of nitrogens with one attached hydrogen (secondary N) is 5. The second-order valence-corrected chi connectivity index (χ2v) is 15.0. The smallest absolute Gasteiger partial charge is 0.335 e. The van der Waals surface area contributed by atoms with E-state index in [2.05, 4.69) is 26.6 Å². The van der Waals surface area contributed by atoms with Crippen molar-refractivity contribution in [3.8, 4) is 17.2 Å². The Morgan fingerprint density at radius 2 is 1.12 bits per heavy atom. The number of ether oxygens (including phenoxy) is 3. The van der Waals surface area contributed by atoms with Crippen LogP contribution in [0.1, 0.15) is 79.5 Å². The lowest BCUT2D eigenvalue weighted by Gasteiger charge is -2.24. The SMILES string of the molecule is COC(C(=O)Nc1ccc(C(=O)Nc2ccc(C(=O)Nc3ccc(C(=O)O)cc3OC(C)C)c(O)c2OC(C)C)cc1)C(NC(=O)c1ccc(NC(=O)c2ccc(N([O-])O)cc2)cc1)C(N)=O. The van der Waals surface area contributed by atoms with Crippen molar-refractivity contribution >= 4 is 69.8 Å². The summed E-state index contributed by atoms with van der Waals surface area (Å²) in [5.41, 5.74) is 6.08. The van der Waals surface area contributed by atoms with Crippen molar-refractivity contribution in [1.29, 1.82) is 0 Å². The fraction of sp³-hybridized carbons (Fsp3) is 0.196. The minimum atomic E-state index is -1.66. The van der Waals surface area contributed by atoms with Crippen LogP contribution in [0, 0.1) is 5.21 Å². The molecule has 2 atom stereocenters. The second kappa shape index (κ2) is 21.9. The number of rotatable bonds is 19. The Hall–Kier alpha value is -8.53. The van der Waals surface area contributed by atoms with Gasteiger partial charge in [0.2, 0.25) is 5.91 Å². The lowest BCUT2D eigenvalue weighted by atomic mass is 10.1. The quantitative estimate of drug-likeness (QED) is 0.0471. The fourth-order valence-electron chi connectivity index (χ4n) is 6.18. The number of nitrogens with two attached hydrogens (primary N) is 1. The van der Waals surface area contributed by atoms with Crippen molar-refractivity contribution < 1.29 is 63.2 Å². The Morgan fingerprint density at radius 3 is 1.64 bits per heavy atom. The number of carboxylic acid groups (broad SMARTS) is 1. The summed E-state index contributed by atoms with van der Waals surface area (Å²) >= 11 is 0. The van der Waals surface area contributed by atoms with E-state index in [1.165, 1.54) is 103 Å². The van der Waals surface area contributed by atoms with Gasteiger partial charge in [0.1, 0.15) is 11.8 Å². The first-order valence-electron chi connectivity index (χ1n) is 20.2. The highest BCUT2D eigenvalue weighted by Crippen LogP contribution is 2.39. The van der Waals surface area contributed by atoms with Gasteiger partial charge in [-0.05, 0) is 131 Å². The number of aromatic carboxylic acids is 1. The van der Waals surface area contributed by atoms with Gasteiger partial charge in [0.25, 0.3) is 29.5 Å². The Morgan fingerprint density at radius 1 is 0.627 bits per heavy atom. The zero-order chi connectivity index (χ0) is 49.1. The van der Waals surface area contributed by atoms with E-state index >= 15 is 0 Å². The van der Waals surface area contributed by atoms with Crippen molar-refractivity contribution in [2.24, 2.45) is 5.73 Å². The van der Waals surface area contributed by atoms with Crippen LogP contribution in [0.2, 0.25) is 0 Å². The molecule has 0 aromatic heterocycles. The zero-order valence-corrected chi connectivity index (χ0v) is 36.5. The van der Waals surface area contributed by atoms with Crippen LogP contribution in [-0.4, -0.2) is 88.3 Å². The summed E-state index contributed by atoms with van der Waals surface area (Å²) in [6.07, 6.45) is -2.52. The number of aromatic hydroxyl groups is 1. The molecule has 0 bridgehead atoms. The maximum Gasteiger partial charge on any atom is 0.335 e. The first kappa shape index (κ1) is 49.5. The van der Waals surface area contributed by atoms with E-state index in [9.17, 15) is 49.0 Å².